The second-order valence-electron chi connectivity index (χ2n) is 6.71. The Morgan fingerprint density at radius 1 is 0.897 bits per heavy atom. The Balaban J connectivity index is 1.39. The van der Waals surface area contributed by atoms with E-state index in [0.717, 1.165) is 33.7 Å². The minimum Gasteiger partial charge on any atom is -0.494 e. The number of hydrogen-bond acceptors (Lipinski definition) is 3. The predicted molar refractivity (Wildman–Crippen MR) is 118 cm³/mol. The Morgan fingerprint density at radius 3 is 2.38 bits per heavy atom. The first-order valence-corrected chi connectivity index (χ1v) is 9.65. The molecule has 3 aromatic carbocycles. The van der Waals surface area contributed by atoms with Crippen molar-refractivity contribution in [2.75, 3.05) is 17.2 Å². The van der Waals surface area contributed by atoms with E-state index in [0.29, 0.717) is 6.61 Å². The molecule has 2 N–H and O–H groups in total. The van der Waals surface area contributed by atoms with E-state index in [9.17, 15) is 4.79 Å². The molecule has 0 saturated carbocycles. The molecular formula is C24H23N3O2. The van der Waals surface area contributed by atoms with E-state index >= 15 is 0 Å². The topological polar surface area (TPSA) is 55.3 Å². The average Bonchev–Trinajstić information content (AvgIpc) is 3.12. The highest BCUT2D eigenvalue weighted by atomic mass is 16.5. The number of fused-ring (bicyclic) bond motifs is 1. The Kier molecular flexibility index (Phi) is 5.47. The van der Waals surface area contributed by atoms with Crippen LogP contribution in [0.2, 0.25) is 0 Å². The summed E-state index contributed by atoms with van der Waals surface area (Å²) in [6, 6.07) is 25.6. The van der Waals surface area contributed by atoms with Gasteiger partial charge in [-0.1, -0.05) is 18.2 Å². The molecule has 0 spiro atoms. The maximum Gasteiger partial charge on any atom is 0.244 e. The van der Waals surface area contributed by atoms with Crippen molar-refractivity contribution >= 4 is 33.9 Å². The van der Waals surface area contributed by atoms with Crippen LogP contribution >= 0.6 is 0 Å². The minimum absolute atomic E-state index is 0.0693. The fraction of sp³-hybridized carbons (Fsp3) is 0.125. The fourth-order valence-electron chi connectivity index (χ4n) is 3.25. The molecule has 0 unspecified atom stereocenters. The molecule has 0 fully saturated rings. The molecule has 4 aromatic rings. The summed E-state index contributed by atoms with van der Waals surface area (Å²) in [6.07, 6.45) is 1.92. The number of nitrogens with one attached hydrogen (secondary N) is 2. The lowest BCUT2D eigenvalue weighted by Crippen LogP contribution is -2.18. The number of anilines is 3. The van der Waals surface area contributed by atoms with Crippen LogP contribution < -0.4 is 15.4 Å². The van der Waals surface area contributed by atoms with E-state index in [1.807, 2.05) is 96.6 Å². The summed E-state index contributed by atoms with van der Waals surface area (Å²) in [5, 5.41) is 7.34. The molecule has 0 radical (unpaired) electrons. The Morgan fingerprint density at radius 2 is 1.62 bits per heavy atom. The third kappa shape index (κ3) is 4.58. The second kappa shape index (κ2) is 8.52. The van der Waals surface area contributed by atoms with Crippen molar-refractivity contribution < 1.29 is 9.53 Å². The molecule has 0 aliphatic carbocycles. The van der Waals surface area contributed by atoms with Crippen molar-refractivity contribution in [3.8, 4) is 5.75 Å². The SMILES string of the molecule is CCOc1ccc2c(ccn2CC(=O)Nc2ccc(Nc3ccccc3)cc2)c1. The van der Waals surface area contributed by atoms with Gasteiger partial charge in [-0.2, -0.15) is 0 Å². The van der Waals surface area contributed by atoms with E-state index in [1.165, 1.54) is 0 Å². The highest BCUT2D eigenvalue weighted by molar-refractivity contribution is 5.92. The minimum atomic E-state index is -0.0693. The monoisotopic (exact) mass is 385 g/mol. The van der Waals surface area contributed by atoms with E-state index in [-0.39, 0.29) is 12.5 Å². The third-order valence-electron chi connectivity index (χ3n) is 4.60. The zero-order valence-electron chi connectivity index (χ0n) is 16.3. The normalized spacial score (nSPS) is 10.7. The molecule has 4 rings (SSSR count). The largest absolute Gasteiger partial charge is 0.494 e. The third-order valence-corrected chi connectivity index (χ3v) is 4.60. The van der Waals surface area contributed by atoms with E-state index in [2.05, 4.69) is 10.6 Å². The Hall–Kier alpha value is -3.73. The maximum atomic E-state index is 12.5. The number of nitrogens with zero attached hydrogens (tertiary/aromatic N) is 1. The van der Waals surface area contributed by atoms with Crippen LogP contribution in [0.25, 0.3) is 10.9 Å². The van der Waals surface area contributed by atoms with Gasteiger partial charge in [0.25, 0.3) is 0 Å². The summed E-state index contributed by atoms with van der Waals surface area (Å²) in [5.74, 6) is 0.770. The number of rotatable bonds is 7. The quantitative estimate of drug-likeness (QED) is 0.446. The summed E-state index contributed by atoms with van der Waals surface area (Å²) >= 11 is 0. The van der Waals surface area contributed by atoms with Gasteiger partial charge in [-0.05, 0) is 67.6 Å². The first kappa shape index (κ1) is 18.6. The lowest BCUT2D eigenvalue weighted by atomic mass is 10.2. The zero-order valence-corrected chi connectivity index (χ0v) is 16.3. The van der Waals surface area contributed by atoms with Crippen LogP contribution in [-0.4, -0.2) is 17.1 Å². The first-order chi connectivity index (χ1) is 14.2. The zero-order chi connectivity index (χ0) is 20.1. The van der Waals surface area contributed by atoms with Gasteiger partial charge in [0.15, 0.2) is 0 Å². The molecule has 0 saturated heterocycles. The fourth-order valence-corrected chi connectivity index (χ4v) is 3.25. The van der Waals surface area contributed by atoms with Crippen LogP contribution in [-0.2, 0) is 11.3 Å². The van der Waals surface area contributed by atoms with Gasteiger partial charge in [0.1, 0.15) is 12.3 Å². The Bertz CT molecular complexity index is 1100. The van der Waals surface area contributed by atoms with Crippen molar-refractivity contribution in [1.82, 2.24) is 4.57 Å². The smallest absolute Gasteiger partial charge is 0.244 e. The molecule has 1 amide bonds. The number of hydrogen-bond donors (Lipinski definition) is 2. The van der Waals surface area contributed by atoms with Gasteiger partial charge < -0.3 is 19.9 Å². The van der Waals surface area contributed by atoms with Gasteiger partial charge in [-0.25, -0.2) is 0 Å². The van der Waals surface area contributed by atoms with Crippen molar-refractivity contribution in [3.05, 3.63) is 85.1 Å². The van der Waals surface area contributed by atoms with Gasteiger partial charge in [-0.3, -0.25) is 4.79 Å². The van der Waals surface area contributed by atoms with Crippen LogP contribution in [0, 0.1) is 0 Å². The van der Waals surface area contributed by atoms with Gasteiger partial charge in [0.2, 0.25) is 5.91 Å². The molecule has 5 heteroatoms. The van der Waals surface area contributed by atoms with Crippen LogP contribution in [0.15, 0.2) is 85.1 Å². The van der Waals surface area contributed by atoms with Gasteiger partial charge in [-0.15, -0.1) is 0 Å². The molecule has 0 aliphatic rings. The van der Waals surface area contributed by atoms with Gasteiger partial charge >= 0.3 is 0 Å². The molecule has 0 aliphatic heterocycles. The lowest BCUT2D eigenvalue weighted by molar-refractivity contribution is -0.116. The van der Waals surface area contributed by atoms with Crippen molar-refractivity contribution in [2.24, 2.45) is 0 Å². The molecule has 1 aromatic heterocycles. The molecule has 1 heterocycles. The first-order valence-electron chi connectivity index (χ1n) is 9.65. The number of amides is 1. The van der Waals surface area contributed by atoms with E-state index in [4.69, 9.17) is 4.74 Å². The number of benzene rings is 3. The summed E-state index contributed by atoms with van der Waals surface area (Å²) in [6.45, 7) is 2.85. The van der Waals surface area contributed by atoms with Crippen LogP contribution in [0.1, 0.15) is 6.92 Å². The Labute approximate surface area is 169 Å². The maximum absolute atomic E-state index is 12.5. The molecule has 29 heavy (non-hydrogen) atoms. The molecule has 0 bridgehead atoms. The van der Waals surface area contributed by atoms with Gasteiger partial charge in [0.05, 0.1) is 6.61 Å². The van der Waals surface area contributed by atoms with Crippen molar-refractivity contribution in [1.29, 1.82) is 0 Å². The number of ether oxygens (including phenoxy) is 1. The molecular weight excluding hydrogens is 362 g/mol. The summed E-state index contributed by atoms with van der Waals surface area (Å²) < 4.78 is 7.47. The van der Waals surface area contributed by atoms with E-state index < -0.39 is 0 Å². The number of carbonyl (C=O) groups excluding carboxylic acids is 1. The van der Waals surface area contributed by atoms with Crippen LogP contribution in [0.4, 0.5) is 17.1 Å². The van der Waals surface area contributed by atoms with Crippen LogP contribution in [0.5, 0.6) is 5.75 Å². The van der Waals surface area contributed by atoms with E-state index in [1.54, 1.807) is 0 Å². The van der Waals surface area contributed by atoms with Crippen molar-refractivity contribution in [3.63, 3.8) is 0 Å². The summed E-state index contributed by atoms with van der Waals surface area (Å²) in [7, 11) is 0. The second-order valence-corrected chi connectivity index (χ2v) is 6.71. The average molecular weight is 385 g/mol. The summed E-state index contributed by atoms with van der Waals surface area (Å²) in [5.41, 5.74) is 3.77. The van der Waals surface area contributed by atoms with Gasteiger partial charge in [0, 0.05) is 34.2 Å². The van der Waals surface area contributed by atoms with Crippen LogP contribution in [0.3, 0.4) is 0 Å². The molecule has 146 valence electrons. The standard InChI is InChI=1S/C24H23N3O2/c1-2-29-22-12-13-23-18(16-22)14-15-27(23)17-24(28)26-21-10-8-20(9-11-21)25-19-6-4-3-5-7-19/h3-16,25H,2,17H2,1H3,(H,26,28). The predicted octanol–water partition coefficient (Wildman–Crippen LogP) is 5.42. The lowest BCUT2D eigenvalue weighted by Gasteiger charge is -2.10. The number of para-hydroxylation sites is 1. The van der Waals surface area contributed by atoms with Crippen molar-refractivity contribution in [2.45, 2.75) is 13.5 Å². The summed E-state index contributed by atoms with van der Waals surface area (Å²) in [4.78, 5) is 12.5. The highest BCUT2D eigenvalue weighted by Crippen LogP contribution is 2.23. The number of aromatic nitrogens is 1. The molecule has 0 atom stereocenters. The molecule has 5 nitrogen and oxygen atoms in total. The highest BCUT2D eigenvalue weighted by Gasteiger charge is 2.08. The number of carbonyl (C=O) groups is 1.